The van der Waals surface area contributed by atoms with Crippen LogP contribution in [0.5, 0.6) is 5.75 Å². The molecule has 0 aliphatic heterocycles. The maximum Gasteiger partial charge on any atom is 0.260 e. The van der Waals surface area contributed by atoms with Crippen LogP contribution in [0.2, 0.25) is 0 Å². The molecule has 0 radical (unpaired) electrons. The van der Waals surface area contributed by atoms with Gasteiger partial charge >= 0.3 is 0 Å². The van der Waals surface area contributed by atoms with E-state index in [1.54, 1.807) is 24.1 Å². The molecule has 6 nitrogen and oxygen atoms in total. The molecule has 0 N–H and O–H groups in total. The minimum Gasteiger partial charge on any atom is -0.497 e. The highest BCUT2D eigenvalue weighted by molar-refractivity contribution is 5.95. The molecule has 0 spiro atoms. The van der Waals surface area contributed by atoms with Crippen molar-refractivity contribution in [3.8, 4) is 16.9 Å². The Balaban J connectivity index is 1.55. The van der Waals surface area contributed by atoms with Crippen molar-refractivity contribution in [3.05, 3.63) is 95.1 Å². The molecule has 0 aliphatic rings. The van der Waals surface area contributed by atoms with Crippen molar-refractivity contribution < 1.29 is 4.74 Å². The predicted molar refractivity (Wildman–Crippen MR) is 117 cm³/mol. The summed E-state index contributed by atoms with van der Waals surface area (Å²) in [6.07, 6.45) is 9.24. The lowest BCUT2D eigenvalue weighted by Gasteiger charge is -2.09. The summed E-state index contributed by atoms with van der Waals surface area (Å²) in [6, 6.07) is 13.7. The quantitative estimate of drug-likeness (QED) is 0.459. The van der Waals surface area contributed by atoms with E-state index in [-0.39, 0.29) is 5.56 Å². The molecule has 0 atom stereocenters. The molecule has 5 aromatic rings. The summed E-state index contributed by atoms with van der Waals surface area (Å²) in [6.45, 7) is 2.45. The van der Waals surface area contributed by atoms with E-state index in [4.69, 9.17) is 4.74 Å². The molecule has 4 aromatic heterocycles. The highest BCUT2D eigenvalue weighted by Crippen LogP contribution is 2.27. The summed E-state index contributed by atoms with van der Waals surface area (Å²) in [5.74, 6) is 0.789. The number of benzene rings is 1. The van der Waals surface area contributed by atoms with E-state index in [1.807, 2.05) is 72.4 Å². The van der Waals surface area contributed by atoms with Crippen molar-refractivity contribution in [1.29, 1.82) is 0 Å². The number of hydrogen-bond donors (Lipinski definition) is 0. The Morgan fingerprint density at radius 3 is 2.60 bits per heavy atom. The number of nitrogens with zero attached hydrogens (tertiary/aromatic N) is 4. The molecule has 0 amide bonds. The molecule has 0 unspecified atom stereocenters. The van der Waals surface area contributed by atoms with Crippen molar-refractivity contribution >= 4 is 16.4 Å². The van der Waals surface area contributed by atoms with Gasteiger partial charge in [0.1, 0.15) is 11.4 Å². The van der Waals surface area contributed by atoms with Gasteiger partial charge in [0, 0.05) is 36.5 Å². The molecule has 0 fully saturated rings. The van der Waals surface area contributed by atoms with Crippen LogP contribution in [0.4, 0.5) is 0 Å². The lowest BCUT2D eigenvalue weighted by molar-refractivity contribution is 0.415. The standard InChI is InChI=1S/C24H20N4O2/c1-16-3-8-23-26-18(15-28(23)13-16)14-27-10-9-20-21(11-25-12-22(20)24(27)29)17-4-6-19(30-2)7-5-17/h3-13,15H,14H2,1-2H3. The maximum atomic E-state index is 13.2. The first-order valence-corrected chi connectivity index (χ1v) is 9.68. The second-order valence-electron chi connectivity index (χ2n) is 7.33. The second-order valence-corrected chi connectivity index (χ2v) is 7.33. The second kappa shape index (κ2) is 7.15. The number of aryl methyl sites for hydroxylation is 1. The molecule has 30 heavy (non-hydrogen) atoms. The van der Waals surface area contributed by atoms with Crippen LogP contribution >= 0.6 is 0 Å². The number of ether oxygens (including phenoxy) is 1. The van der Waals surface area contributed by atoms with Crippen molar-refractivity contribution in [2.75, 3.05) is 7.11 Å². The van der Waals surface area contributed by atoms with Gasteiger partial charge in [0.05, 0.1) is 24.7 Å². The Morgan fingerprint density at radius 2 is 1.80 bits per heavy atom. The van der Waals surface area contributed by atoms with Crippen molar-refractivity contribution in [3.63, 3.8) is 0 Å². The number of pyridine rings is 3. The van der Waals surface area contributed by atoms with E-state index in [0.717, 1.165) is 39.2 Å². The van der Waals surface area contributed by atoms with Gasteiger partial charge in [0.15, 0.2) is 0 Å². The van der Waals surface area contributed by atoms with Gasteiger partial charge in [-0.15, -0.1) is 0 Å². The zero-order chi connectivity index (χ0) is 20.7. The zero-order valence-electron chi connectivity index (χ0n) is 16.7. The molecule has 6 heteroatoms. The van der Waals surface area contributed by atoms with E-state index in [2.05, 4.69) is 9.97 Å². The molecule has 0 saturated carbocycles. The highest BCUT2D eigenvalue weighted by atomic mass is 16.5. The predicted octanol–water partition coefficient (Wildman–Crippen LogP) is 4.08. The zero-order valence-corrected chi connectivity index (χ0v) is 16.7. The van der Waals surface area contributed by atoms with Crippen LogP contribution in [0, 0.1) is 6.92 Å². The molecule has 0 bridgehead atoms. The topological polar surface area (TPSA) is 61.4 Å². The van der Waals surface area contributed by atoms with Gasteiger partial charge < -0.3 is 13.7 Å². The third kappa shape index (κ3) is 3.12. The number of hydrogen-bond acceptors (Lipinski definition) is 4. The lowest BCUT2D eigenvalue weighted by Crippen LogP contribution is -2.20. The van der Waals surface area contributed by atoms with Gasteiger partial charge in [0.25, 0.3) is 5.56 Å². The van der Waals surface area contributed by atoms with Gasteiger partial charge in [-0.25, -0.2) is 4.98 Å². The fraction of sp³-hybridized carbons (Fsp3) is 0.125. The van der Waals surface area contributed by atoms with Crippen LogP contribution < -0.4 is 10.3 Å². The minimum atomic E-state index is -0.0800. The number of rotatable bonds is 4. The third-order valence-electron chi connectivity index (χ3n) is 5.28. The molecule has 0 aliphatic carbocycles. The molecule has 5 rings (SSSR count). The summed E-state index contributed by atoms with van der Waals surface area (Å²) in [7, 11) is 1.64. The van der Waals surface area contributed by atoms with Gasteiger partial charge in [-0.05, 0) is 47.7 Å². The molecule has 1 aromatic carbocycles. The monoisotopic (exact) mass is 396 g/mol. The third-order valence-corrected chi connectivity index (χ3v) is 5.28. The van der Waals surface area contributed by atoms with Crippen LogP contribution in [0.15, 0.2) is 78.2 Å². The summed E-state index contributed by atoms with van der Waals surface area (Å²) < 4.78 is 8.90. The molecular weight excluding hydrogens is 376 g/mol. The van der Waals surface area contributed by atoms with E-state index in [0.29, 0.717) is 11.9 Å². The Labute approximate surface area is 173 Å². The summed E-state index contributed by atoms with van der Waals surface area (Å²) >= 11 is 0. The smallest absolute Gasteiger partial charge is 0.260 e. The van der Waals surface area contributed by atoms with Gasteiger partial charge in [-0.2, -0.15) is 0 Å². The summed E-state index contributed by atoms with van der Waals surface area (Å²) in [5.41, 5.74) is 4.69. The SMILES string of the molecule is COc1ccc(-c2cncc3c(=O)n(Cc4cn5cc(C)ccc5n4)ccc23)cc1. The Kier molecular flexibility index (Phi) is 4.32. The van der Waals surface area contributed by atoms with E-state index < -0.39 is 0 Å². The molecule has 148 valence electrons. The largest absolute Gasteiger partial charge is 0.497 e. The van der Waals surface area contributed by atoms with Crippen LogP contribution in [0.1, 0.15) is 11.3 Å². The minimum absolute atomic E-state index is 0.0800. The maximum absolute atomic E-state index is 13.2. The Bertz CT molecular complexity index is 1430. The van der Waals surface area contributed by atoms with Crippen LogP contribution in [-0.4, -0.2) is 26.0 Å². The van der Waals surface area contributed by atoms with Crippen molar-refractivity contribution in [2.45, 2.75) is 13.5 Å². The molecular formula is C24H20N4O2. The normalized spacial score (nSPS) is 11.3. The van der Waals surface area contributed by atoms with Crippen LogP contribution in [-0.2, 0) is 6.54 Å². The van der Waals surface area contributed by atoms with Gasteiger partial charge in [0.2, 0.25) is 0 Å². The van der Waals surface area contributed by atoms with Crippen molar-refractivity contribution in [2.24, 2.45) is 0 Å². The van der Waals surface area contributed by atoms with E-state index in [1.165, 1.54) is 0 Å². The number of fused-ring (bicyclic) bond motifs is 2. The highest BCUT2D eigenvalue weighted by Gasteiger charge is 2.11. The number of methoxy groups -OCH3 is 1. The first kappa shape index (κ1) is 18.1. The summed E-state index contributed by atoms with van der Waals surface area (Å²) in [4.78, 5) is 22.1. The number of aromatic nitrogens is 4. The van der Waals surface area contributed by atoms with Gasteiger partial charge in [-0.1, -0.05) is 18.2 Å². The first-order valence-electron chi connectivity index (χ1n) is 9.68. The van der Waals surface area contributed by atoms with E-state index in [9.17, 15) is 4.79 Å². The van der Waals surface area contributed by atoms with Crippen molar-refractivity contribution in [1.82, 2.24) is 18.9 Å². The molecule has 4 heterocycles. The summed E-state index contributed by atoms with van der Waals surface area (Å²) in [5, 5.41) is 1.47. The average Bonchev–Trinajstić information content (AvgIpc) is 3.17. The lowest BCUT2D eigenvalue weighted by atomic mass is 10.0. The van der Waals surface area contributed by atoms with Crippen LogP contribution in [0.3, 0.4) is 0 Å². The Morgan fingerprint density at radius 1 is 0.967 bits per heavy atom. The van der Waals surface area contributed by atoms with Crippen LogP contribution in [0.25, 0.3) is 27.5 Å². The van der Waals surface area contributed by atoms with Gasteiger partial charge in [-0.3, -0.25) is 9.78 Å². The fourth-order valence-electron chi connectivity index (χ4n) is 3.74. The number of imidazole rings is 1. The Hall–Kier alpha value is -3.93. The first-order chi connectivity index (χ1) is 14.6. The molecule has 0 saturated heterocycles. The van der Waals surface area contributed by atoms with E-state index >= 15 is 0 Å². The fourth-order valence-corrected chi connectivity index (χ4v) is 3.74. The average molecular weight is 396 g/mol.